The summed E-state index contributed by atoms with van der Waals surface area (Å²) in [6.07, 6.45) is 3.83. The first kappa shape index (κ1) is 22.7. The molecule has 0 saturated carbocycles. The number of rotatable bonds is 5. The quantitative estimate of drug-likeness (QED) is 0.641. The maximum atomic E-state index is 12.9. The number of hydrogen-bond donors (Lipinski definition) is 1. The highest BCUT2D eigenvalue weighted by Gasteiger charge is 2.22. The molecule has 0 radical (unpaired) electrons. The van der Waals surface area contributed by atoms with E-state index in [0.717, 1.165) is 30.4 Å². The van der Waals surface area contributed by atoms with Gasteiger partial charge in [-0.25, -0.2) is 0 Å². The Labute approximate surface area is 194 Å². The molecule has 1 aliphatic rings. The van der Waals surface area contributed by atoms with Crippen molar-refractivity contribution < 1.29 is 14.1 Å². The van der Waals surface area contributed by atoms with Gasteiger partial charge in [0, 0.05) is 44.0 Å². The Morgan fingerprint density at radius 3 is 2.58 bits per heavy atom. The topological polar surface area (TPSA) is 88.3 Å². The van der Waals surface area contributed by atoms with Crippen molar-refractivity contribution in [2.45, 2.75) is 44.4 Å². The van der Waals surface area contributed by atoms with E-state index in [-0.39, 0.29) is 17.7 Å². The van der Waals surface area contributed by atoms with Crippen molar-refractivity contribution in [3.8, 4) is 11.4 Å². The second-order valence-electron chi connectivity index (χ2n) is 8.42. The molecule has 2 aromatic carbocycles. The molecule has 7 heteroatoms. The summed E-state index contributed by atoms with van der Waals surface area (Å²) in [6.45, 7) is 1.62. The average Bonchev–Trinajstić information content (AvgIpc) is 3.33. The van der Waals surface area contributed by atoms with Crippen LogP contribution in [0.25, 0.3) is 11.4 Å². The molecule has 1 aliphatic heterocycles. The van der Waals surface area contributed by atoms with Gasteiger partial charge in [0.2, 0.25) is 23.5 Å². The standard InChI is InChI=1S/C26H30N4O3/c31-23-16-19-30(24(32)14-13-20-8-3-1-4-9-20)18-7-12-22(15-17-27-23)26-28-25(29-33-26)21-10-5-2-6-11-21/h1-6,8-11,22H,7,12-19H2,(H,27,31). The summed E-state index contributed by atoms with van der Waals surface area (Å²) in [5.41, 5.74) is 2.06. The van der Waals surface area contributed by atoms with Gasteiger partial charge in [-0.2, -0.15) is 4.98 Å². The molecular weight excluding hydrogens is 416 g/mol. The smallest absolute Gasteiger partial charge is 0.230 e. The van der Waals surface area contributed by atoms with Crippen LogP contribution in [0.5, 0.6) is 0 Å². The lowest BCUT2D eigenvalue weighted by molar-refractivity contribution is -0.132. The molecule has 0 bridgehead atoms. The van der Waals surface area contributed by atoms with E-state index < -0.39 is 0 Å². The Morgan fingerprint density at radius 2 is 1.79 bits per heavy atom. The maximum absolute atomic E-state index is 12.9. The Bertz CT molecular complexity index is 1040. The fourth-order valence-corrected chi connectivity index (χ4v) is 4.15. The van der Waals surface area contributed by atoms with E-state index in [4.69, 9.17) is 4.52 Å². The van der Waals surface area contributed by atoms with Crippen LogP contribution in [0.2, 0.25) is 0 Å². The Morgan fingerprint density at radius 1 is 1.03 bits per heavy atom. The summed E-state index contributed by atoms with van der Waals surface area (Å²) < 4.78 is 5.59. The molecule has 1 atom stereocenters. The molecule has 1 fully saturated rings. The van der Waals surface area contributed by atoms with Gasteiger partial charge in [0.25, 0.3) is 0 Å². The molecule has 0 aliphatic carbocycles. The number of carbonyl (C=O) groups excluding carboxylic acids is 2. The van der Waals surface area contributed by atoms with E-state index in [1.165, 1.54) is 0 Å². The van der Waals surface area contributed by atoms with Crippen molar-refractivity contribution in [1.29, 1.82) is 0 Å². The molecule has 1 N–H and O–H groups in total. The second-order valence-corrected chi connectivity index (χ2v) is 8.42. The summed E-state index contributed by atoms with van der Waals surface area (Å²) in [6, 6.07) is 19.7. The Hall–Kier alpha value is -3.48. The molecule has 7 nitrogen and oxygen atoms in total. The van der Waals surface area contributed by atoms with Gasteiger partial charge in [-0.1, -0.05) is 65.8 Å². The van der Waals surface area contributed by atoms with Crippen molar-refractivity contribution >= 4 is 11.8 Å². The molecule has 0 spiro atoms. The van der Waals surface area contributed by atoms with Gasteiger partial charge in [-0.15, -0.1) is 0 Å². The first-order valence-electron chi connectivity index (χ1n) is 11.7. The zero-order valence-electron chi connectivity index (χ0n) is 18.8. The normalized spacial score (nSPS) is 17.8. The molecule has 172 valence electrons. The fourth-order valence-electron chi connectivity index (χ4n) is 4.15. The van der Waals surface area contributed by atoms with Gasteiger partial charge in [0.15, 0.2) is 0 Å². The van der Waals surface area contributed by atoms with Gasteiger partial charge in [0.1, 0.15) is 0 Å². The molecule has 1 saturated heterocycles. The average molecular weight is 447 g/mol. The van der Waals surface area contributed by atoms with Crippen LogP contribution in [0.3, 0.4) is 0 Å². The van der Waals surface area contributed by atoms with E-state index in [0.29, 0.717) is 50.6 Å². The van der Waals surface area contributed by atoms with Crippen molar-refractivity contribution in [3.63, 3.8) is 0 Å². The third-order valence-electron chi connectivity index (χ3n) is 6.05. The SMILES string of the molecule is O=C1CCN(C(=O)CCc2ccccc2)CCCC(c2nc(-c3ccccc3)no2)CCN1. The third kappa shape index (κ3) is 6.51. The lowest BCUT2D eigenvalue weighted by atomic mass is 9.99. The van der Waals surface area contributed by atoms with E-state index >= 15 is 0 Å². The van der Waals surface area contributed by atoms with Gasteiger partial charge >= 0.3 is 0 Å². The monoisotopic (exact) mass is 446 g/mol. The van der Waals surface area contributed by atoms with Crippen LogP contribution in [0.4, 0.5) is 0 Å². The highest BCUT2D eigenvalue weighted by molar-refractivity contribution is 5.79. The molecule has 1 unspecified atom stereocenters. The minimum atomic E-state index is -0.0352. The van der Waals surface area contributed by atoms with Crippen LogP contribution in [-0.2, 0) is 16.0 Å². The molecule has 2 amide bonds. The largest absolute Gasteiger partial charge is 0.356 e. The van der Waals surface area contributed by atoms with Gasteiger partial charge in [-0.05, 0) is 31.2 Å². The summed E-state index contributed by atoms with van der Waals surface area (Å²) in [4.78, 5) is 31.6. The first-order chi connectivity index (χ1) is 16.2. The summed E-state index contributed by atoms with van der Waals surface area (Å²) in [5.74, 6) is 1.25. The summed E-state index contributed by atoms with van der Waals surface area (Å²) >= 11 is 0. The second kappa shape index (κ2) is 11.4. The fraction of sp³-hybridized carbons (Fsp3) is 0.385. The van der Waals surface area contributed by atoms with Gasteiger partial charge < -0.3 is 14.7 Å². The summed E-state index contributed by atoms with van der Waals surface area (Å²) in [7, 11) is 0. The molecule has 1 aromatic heterocycles. The molecule has 4 rings (SSSR count). The predicted molar refractivity (Wildman–Crippen MR) is 125 cm³/mol. The zero-order valence-corrected chi connectivity index (χ0v) is 18.8. The van der Waals surface area contributed by atoms with Crippen LogP contribution < -0.4 is 5.32 Å². The summed E-state index contributed by atoms with van der Waals surface area (Å²) in [5, 5.41) is 7.12. The lowest BCUT2D eigenvalue weighted by Gasteiger charge is -2.23. The Balaban J connectivity index is 1.39. The number of nitrogens with zero attached hydrogens (tertiary/aromatic N) is 3. The van der Waals surface area contributed by atoms with Gasteiger partial charge in [0.05, 0.1) is 0 Å². The highest BCUT2D eigenvalue weighted by Crippen LogP contribution is 2.26. The van der Waals surface area contributed by atoms with Crippen LogP contribution >= 0.6 is 0 Å². The molecule has 2 heterocycles. The maximum Gasteiger partial charge on any atom is 0.230 e. The minimum absolute atomic E-state index is 0.0352. The van der Waals surface area contributed by atoms with Crippen molar-refractivity contribution in [1.82, 2.24) is 20.4 Å². The highest BCUT2D eigenvalue weighted by atomic mass is 16.5. The van der Waals surface area contributed by atoms with E-state index in [1.54, 1.807) is 0 Å². The zero-order chi connectivity index (χ0) is 22.9. The van der Waals surface area contributed by atoms with Crippen molar-refractivity contribution in [2.24, 2.45) is 0 Å². The number of aryl methyl sites for hydroxylation is 1. The number of hydrogen-bond acceptors (Lipinski definition) is 5. The molecule has 33 heavy (non-hydrogen) atoms. The van der Waals surface area contributed by atoms with Crippen molar-refractivity contribution in [3.05, 3.63) is 72.1 Å². The van der Waals surface area contributed by atoms with Crippen LogP contribution in [0.1, 0.15) is 49.5 Å². The number of carbonyl (C=O) groups is 2. The number of amides is 2. The lowest BCUT2D eigenvalue weighted by Crippen LogP contribution is -2.35. The van der Waals surface area contributed by atoms with Crippen LogP contribution in [0.15, 0.2) is 65.2 Å². The molecule has 3 aromatic rings. The van der Waals surface area contributed by atoms with E-state index in [2.05, 4.69) is 15.5 Å². The predicted octanol–water partition coefficient (Wildman–Crippen LogP) is 3.97. The number of benzene rings is 2. The number of aromatic nitrogens is 2. The minimum Gasteiger partial charge on any atom is -0.356 e. The third-order valence-corrected chi connectivity index (χ3v) is 6.05. The molecular formula is C26H30N4O3. The van der Waals surface area contributed by atoms with E-state index in [1.807, 2.05) is 65.6 Å². The Kier molecular flexibility index (Phi) is 7.85. The number of nitrogens with one attached hydrogen (secondary N) is 1. The first-order valence-corrected chi connectivity index (χ1v) is 11.7. The van der Waals surface area contributed by atoms with Crippen molar-refractivity contribution in [2.75, 3.05) is 19.6 Å². The van der Waals surface area contributed by atoms with Crippen LogP contribution in [-0.4, -0.2) is 46.5 Å². The van der Waals surface area contributed by atoms with E-state index in [9.17, 15) is 9.59 Å². The van der Waals surface area contributed by atoms with Crippen LogP contribution in [0, 0.1) is 0 Å². The van der Waals surface area contributed by atoms with Gasteiger partial charge in [-0.3, -0.25) is 9.59 Å².